The number of fused-ring (bicyclic) bond motifs is 3. The van der Waals surface area contributed by atoms with Crippen LogP contribution in [0.15, 0.2) is 53.3 Å². The maximum absolute atomic E-state index is 14.4. The van der Waals surface area contributed by atoms with Gasteiger partial charge in [-0.3, -0.25) is 4.79 Å². The Bertz CT molecular complexity index is 1690. The summed E-state index contributed by atoms with van der Waals surface area (Å²) in [4.78, 5) is 22.2. The van der Waals surface area contributed by atoms with E-state index < -0.39 is 22.9 Å². The number of para-hydroxylation sites is 2. The molecule has 8 nitrogen and oxygen atoms in total. The topological polar surface area (TPSA) is 85.2 Å². The van der Waals surface area contributed by atoms with Crippen LogP contribution in [0.5, 0.6) is 0 Å². The number of hydrogen-bond donors (Lipinski definition) is 1. The average Bonchev–Trinajstić information content (AvgIpc) is 3.28. The van der Waals surface area contributed by atoms with Crippen molar-refractivity contribution in [3.63, 3.8) is 0 Å². The molecule has 11 heteroatoms. The molecule has 2 aliphatic heterocycles. The highest BCUT2D eigenvalue weighted by Crippen LogP contribution is 2.39. The van der Waals surface area contributed by atoms with E-state index in [1.54, 1.807) is 11.5 Å². The van der Waals surface area contributed by atoms with E-state index in [1.807, 2.05) is 71.5 Å². The van der Waals surface area contributed by atoms with Gasteiger partial charge in [0, 0.05) is 49.7 Å². The molecule has 6 rings (SSSR count). The molecule has 1 unspecified atom stereocenters. The predicted molar refractivity (Wildman–Crippen MR) is 151 cm³/mol. The number of allylic oxidation sites excluding steroid dienone is 1. The van der Waals surface area contributed by atoms with Crippen LogP contribution in [-0.4, -0.2) is 45.5 Å². The summed E-state index contributed by atoms with van der Waals surface area (Å²) in [5, 5.41) is 3.90. The van der Waals surface area contributed by atoms with Gasteiger partial charge in [-0.05, 0) is 49.1 Å². The van der Waals surface area contributed by atoms with Crippen LogP contribution < -0.4 is 21.1 Å². The van der Waals surface area contributed by atoms with E-state index in [0.717, 1.165) is 40.0 Å². The van der Waals surface area contributed by atoms with Crippen LogP contribution in [0, 0.1) is 0 Å². The van der Waals surface area contributed by atoms with E-state index in [2.05, 4.69) is 10.1 Å². The second-order valence-corrected chi connectivity index (χ2v) is 10.3. The first kappa shape index (κ1) is 26.1. The van der Waals surface area contributed by atoms with Crippen molar-refractivity contribution in [1.82, 2.24) is 19.3 Å². The van der Waals surface area contributed by atoms with Crippen molar-refractivity contribution >= 4 is 40.0 Å². The molecule has 0 saturated carbocycles. The number of benzene rings is 2. The molecule has 0 radical (unpaired) electrons. The number of aryl methyl sites for hydroxylation is 1. The zero-order chi connectivity index (χ0) is 28.2. The Morgan fingerprint density at radius 2 is 1.80 bits per heavy atom. The van der Waals surface area contributed by atoms with Crippen LogP contribution in [-0.2, 0) is 19.3 Å². The molecule has 0 aliphatic carbocycles. The number of piperidine rings is 1. The first-order chi connectivity index (χ1) is 19.2. The maximum Gasteiger partial charge on any atom is 0.437 e. The number of halogens is 3. The molecule has 2 aliphatic rings. The molecule has 2 aromatic heterocycles. The summed E-state index contributed by atoms with van der Waals surface area (Å²) in [6, 6.07) is 15.3. The highest BCUT2D eigenvalue weighted by atomic mass is 19.4. The SMILES string of the molecule is CCn1c(N2CCCC(N)C2)nc2c(C(F)(F)F)nn(CC3=Cc4ccccc4N(C)c4ccccc43)c(=O)c21. The first-order valence-electron chi connectivity index (χ1n) is 13.4. The zero-order valence-electron chi connectivity index (χ0n) is 22.3. The average molecular weight is 550 g/mol. The van der Waals surface area contributed by atoms with Crippen LogP contribution in [0.1, 0.15) is 36.6 Å². The summed E-state index contributed by atoms with van der Waals surface area (Å²) in [7, 11) is 1.94. The molecule has 0 spiro atoms. The molecule has 0 bridgehead atoms. The normalized spacial score (nSPS) is 17.4. The number of alkyl halides is 3. The number of nitrogens with zero attached hydrogens (tertiary/aromatic N) is 6. The van der Waals surface area contributed by atoms with E-state index in [4.69, 9.17) is 5.73 Å². The molecule has 2 aromatic carbocycles. The lowest BCUT2D eigenvalue weighted by Gasteiger charge is -2.31. The number of anilines is 3. The fourth-order valence-corrected chi connectivity index (χ4v) is 5.83. The fourth-order valence-electron chi connectivity index (χ4n) is 5.83. The van der Waals surface area contributed by atoms with Crippen molar-refractivity contribution in [2.75, 3.05) is 29.9 Å². The molecule has 0 amide bonds. The van der Waals surface area contributed by atoms with Crippen molar-refractivity contribution < 1.29 is 13.2 Å². The second-order valence-electron chi connectivity index (χ2n) is 10.3. The third kappa shape index (κ3) is 4.34. The van der Waals surface area contributed by atoms with Crippen LogP contribution in [0.4, 0.5) is 30.5 Å². The van der Waals surface area contributed by atoms with E-state index in [9.17, 15) is 18.0 Å². The molecule has 4 heterocycles. The second kappa shape index (κ2) is 9.81. The van der Waals surface area contributed by atoms with E-state index >= 15 is 0 Å². The van der Waals surface area contributed by atoms with Gasteiger partial charge in [0.25, 0.3) is 5.56 Å². The quantitative estimate of drug-likeness (QED) is 0.391. The number of imidazole rings is 1. The van der Waals surface area contributed by atoms with Crippen LogP contribution >= 0.6 is 0 Å². The Hall–Kier alpha value is -4.12. The summed E-state index contributed by atoms with van der Waals surface area (Å²) >= 11 is 0. The van der Waals surface area contributed by atoms with Crippen LogP contribution in [0.25, 0.3) is 22.7 Å². The molecule has 40 heavy (non-hydrogen) atoms. The predicted octanol–water partition coefficient (Wildman–Crippen LogP) is 4.88. The van der Waals surface area contributed by atoms with E-state index in [-0.39, 0.29) is 24.6 Å². The standard InChI is InChI=1S/C29H30F3N7O/c1-3-38-25-24(34-28(38)37-14-8-10-20(33)17-37)26(29(30,31)32)35-39(27(25)40)16-19-15-18-9-4-6-12-22(18)36(2)23-13-7-5-11-21(19)23/h4-7,9,11-13,15,20H,3,8,10,14,16-17,33H2,1-2H3. The smallest absolute Gasteiger partial charge is 0.344 e. The van der Waals surface area contributed by atoms with Gasteiger partial charge in [0.05, 0.1) is 6.54 Å². The minimum absolute atomic E-state index is 0.0982. The molecule has 208 valence electrons. The molecule has 1 atom stereocenters. The van der Waals surface area contributed by atoms with Gasteiger partial charge in [-0.15, -0.1) is 0 Å². The molecular formula is C29H30F3N7O. The van der Waals surface area contributed by atoms with Gasteiger partial charge in [0.15, 0.2) is 5.69 Å². The fraction of sp³-hybridized carbons (Fsp3) is 0.345. The van der Waals surface area contributed by atoms with E-state index in [0.29, 0.717) is 24.6 Å². The summed E-state index contributed by atoms with van der Waals surface area (Å²) in [5.41, 5.74) is 8.06. The number of nitrogens with two attached hydrogens (primary N) is 1. The van der Waals surface area contributed by atoms with Gasteiger partial charge < -0.3 is 20.1 Å². The lowest BCUT2D eigenvalue weighted by molar-refractivity contribution is -0.141. The van der Waals surface area contributed by atoms with Crippen molar-refractivity contribution in [2.45, 2.75) is 45.1 Å². The summed E-state index contributed by atoms with van der Waals surface area (Å²) in [6.07, 6.45) is -1.26. The van der Waals surface area contributed by atoms with Crippen LogP contribution in [0.3, 0.4) is 0 Å². The van der Waals surface area contributed by atoms with Crippen molar-refractivity contribution in [3.05, 3.63) is 75.7 Å². The molecule has 4 aromatic rings. The third-order valence-electron chi connectivity index (χ3n) is 7.71. The lowest BCUT2D eigenvalue weighted by Crippen LogP contribution is -2.44. The Morgan fingerprint density at radius 3 is 2.52 bits per heavy atom. The van der Waals surface area contributed by atoms with Gasteiger partial charge >= 0.3 is 6.18 Å². The molecule has 1 saturated heterocycles. The highest BCUT2D eigenvalue weighted by Gasteiger charge is 2.39. The Kier molecular flexibility index (Phi) is 6.41. The summed E-state index contributed by atoms with van der Waals surface area (Å²) in [6.45, 7) is 3.00. The number of aromatic nitrogens is 4. The Labute approximate surface area is 229 Å². The number of rotatable bonds is 4. The van der Waals surface area contributed by atoms with E-state index in [1.165, 1.54) is 0 Å². The molecule has 1 fully saturated rings. The minimum Gasteiger partial charge on any atom is -0.344 e. The van der Waals surface area contributed by atoms with Gasteiger partial charge in [0.2, 0.25) is 5.95 Å². The summed E-state index contributed by atoms with van der Waals surface area (Å²) < 4.78 is 45.8. The lowest BCUT2D eigenvalue weighted by atomic mass is 10.0. The van der Waals surface area contributed by atoms with Crippen molar-refractivity contribution in [1.29, 1.82) is 0 Å². The van der Waals surface area contributed by atoms with Gasteiger partial charge in [-0.2, -0.15) is 18.3 Å². The minimum atomic E-state index is -4.81. The maximum atomic E-state index is 14.4. The van der Waals surface area contributed by atoms with Crippen molar-refractivity contribution in [3.8, 4) is 0 Å². The van der Waals surface area contributed by atoms with Gasteiger partial charge in [-0.1, -0.05) is 36.4 Å². The van der Waals surface area contributed by atoms with Crippen LogP contribution in [0.2, 0.25) is 0 Å². The van der Waals surface area contributed by atoms with Gasteiger partial charge in [-0.25, -0.2) is 9.67 Å². The monoisotopic (exact) mass is 549 g/mol. The number of hydrogen-bond acceptors (Lipinski definition) is 6. The van der Waals surface area contributed by atoms with Crippen molar-refractivity contribution in [2.24, 2.45) is 5.73 Å². The third-order valence-corrected chi connectivity index (χ3v) is 7.71. The van der Waals surface area contributed by atoms with Gasteiger partial charge in [0.1, 0.15) is 11.0 Å². The highest BCUT2D eigenvalue weighted by molar-refractivity contribution is 5.95. The largest absolute Gasteiger partial charge is 0.437 e. The zero-order valence-corrected chi connectivity index (χ0v) is 22.3. The molecule has 2 N–H and O–H groups in total. The Balaban J connectivity index is 1.56. The molecular weight excluding hydrogens is 519 g/mol. The Morgan fingerprint density at radius 1 is 1.07 bits per heavy atom. The first-order valence-corrected chi connectivity index (χ1v) is 13.4. The summed E-state index contributed by atoms with van der Waals surface area (Å²) in [5.74, 6) is 0.323.